The molecule has 2 fully saturated rings. The van der Waals surface area contributed by atoms with Gasteiger partial charge in [-0.3, -0.25) is 48.6 Å². The maximum absolute atomic E-state index is 16.3. The van der Waals surface area contributed by atoms with Crippen LogP contribution in [0, 0.1) is 11.7 Å². The van der Waals surface area contributed by atoms with Gasteiger partial charge >= 0.3 is 6.18 Å². The number of primary amides is 1. The predicted molar refractivity (Wildman–Crippen MR) is 440 cm³/mol. The van der Waals surface area contributed by atoms with Crippen LogP contribution in [0.4, 0.5) is 23.2 Å². The molecular formula is C84H94Cl2F4N12O25. The number of hydrogen-bond donors (Lipinski definition) is 22. The lowest BCUT2D eigenvalue weighted by molar-refractivity contribution is -0.334. The molecule has 18 unspecified atom stereocenters. The molecule has 7 heterocycles. The fourth-order valence-corrected chi connectivity index (χ4v) is 15.5. The van der Waals surface area contributed by atoms with Gasteiger partial charge in [0.2, 0.25) is 53.4 Å². The summed E-state index contributed by atoms with van der Waals surface area (Å²) in [5, 5.41) is 139. The monoisotopic (exact) mass is 1820 g/mol. The topological polar surface area (TPSA) is 570 Å². The Balaban J connectivity index is 0.0000156. The van der Waals surface area contributed by atoms with Crippen LogP contribution in [0.25, 0.3) is 11.1 Å². The lowest BCUT2D eigenvalue weighted by Gasteiger charge is -2.48. The first-order valence-electron chi connectivity index (χ1n) is 39.3. The number of likely N-dealkylation sites (N-methyl/N-ethyl adjacent to an activating group) is 1. The van der Waals surface area contributed by atoms with Crippen molar-refractivity contribution in [2.24, 2.45) is 11.7 Å². The molecule has 43 heteroatoms. The number of carbonyl (C=O) groups excluding carboxylic acids is 9. The minimum absolute atomic E-state index is 0. The third-order valence-electron chi connectivity index (χ3n) is 21.6. The highest BCUT2D eigenvalue weighted by molar-refractivity contribution is 6.32. The molecule has 14 rings (SSSR count). The SMILES string of the molecule is C.CNC(CC(C)C)C(=O)NC1C(=O)NC(CC(N)=O)C(=O)NC2C(=O)NC3C(=O)NC(C(=O)NC(C(=O)NNCCO)c4cc(O)cc(O)c4-c4cc3ccc4O)C(O)c3ccc(c(Cl)c3)Oc3cc2cc(c3OC2OC(CO)C(O)C(O)C2OC2CC(C)(NCc3ccc(NC(=O)c4ccc(C(F)(F)F)c(F)c4)cc3)C(O)C(C)O2)Oc2ccc(cc2Cl)C1O. The van der Waals surface area contributed by atoms with E-state index >= 15 is 24.0 Å². The number of hydrogen-bond acceptors (Lipinski definition) is 28. The van der Waals surface area contributed by atoms with E-state index in [0.29, 0.717) is 17.7 Å². The Bertz CT molecular complexity index is 5320. The molecule has 18 atom stereocenters. The molecule has 0 radical (unpaired) electrons. The number of benzene rings is 7. The highest BCUT2D eigenvalue weighted by Crippen LogP contribution is 2.50. The summed E-state index contributed by atoms with van der Waals surface area (Å²) in [7, 11) is 1.45. The first kappa shape index (κ1) is 96.0. The van der Waals surface area contributed by atoms with Crippen molar-refractivity contribution in [1.29, 1.82) is 0 Å². The number of aromatic hydroxyl groups is 3. The zero-order chi connectivity index (χ0) is 91.4. The summed E-state index contributed by atoms with van der Waals surface area (Å²) in [5.41, 5.74) is 4.96. The largest absolute Gasteiger partial charge is 0.508 e. The van der Waals surface area contributed by atoms with Crippen LogP contribution in [0.15, 0.2) is 121 Å². The Kier molecular flexibility index (Phi) is 30.3. The number of nitrogens with one attached hydrogen (secondary N) is 11. The summed E-state index contributed by atoms with van der Waals surface area (Å²) in [4.78, 5) is 133. The average molecular weight is 1820 g/mol. The van der Waals surface area contributed by atoms with Crippen molar-refractivity contribution in [3.8, 4) is 57.1 Å². The van der Waals surface area contributed by atoms with Gasteiger partial charge in [-0.1, -0.05) is 74.8 Å². The van der Waals surface area contributed by atoms with Gasteiger partial charge in [0.25, 0.3) is 11.8 Å². The van der Waals surface area contributed by atoms with Crippen LogP contribution < -0.4 is 78.6 Å². The van der Waals surface area contributed by atoms with Crippen molar-refractivity contribution in [2.75, 3.05) is 32.1 Å². The Morgan fingerprint density at radius 2 is 1.33 bits per heavy atom. The van der Waals surface area contributed by atoms with Crippen LogP contribution in [0.2, 0.25) is 10.0 Å². The van der Waals surface area contributed by atoms with Crippen LogP contribution in [-0.2, 0) is 65.3 Å². The van der Waals surface area contributed by atoms with Crippen LogP contribution >= 0.6 is 23.2 Å². The first-order chi connectivity index (χ1) is 59.6. The number of hydrazine groups is 1. The van der Waals surface area contributed by atoms with E-state index in [9.17, 15) is 87.8 Å². The molecule has 0 spiro atoms. The molecule has 37 nitrogen and oxygen atoms in total. The predicted octanol–water partition coefficient (Wildman–Crippen LogP) is 3.51. The van der Waals surface area contributed by atoms with E-state index in [2.05, 4.69) is 58.7 Å². The molecule has 11 bridgehead atoms. The van der Waals surface area contributed by atoms with Crippen molar-refractivity contribution >= 4 is 82.1 Å². The maximum atomic E-state index is 16.3. The van der Waals surface area contributed by atoms with Crippen LogP contribution in [0.5, 0.6) is 46.0 Å². The Morgan fingerprint density at radius 3 is 1.94 bits per heavy atom. The Hall–Kier alpha value is -11.7. The van der Waals surface area contributed by atoms with Gasteiger partial charge < -0.3 is 133 Å². The summed E-state index contributed by atoms with van der Waals surface area (Å²) in [6.45, 7) is 4.76. The van der Waals surface area contributed by atoms with Crippen molar-refractivity contribution in [3.05, 3.63) is 182 Å². The molecule has 7 aliphatic heterocycles. The number of anilines is 1. The average Bonchev–Trinajstić information content (AvgIpc) is 0.766. The summed E-state index contributed by atoms with van der Waals surface area (Å²) < 4.78 is 93.6. The van der Waals surface area contributed by atoms with Crippen LogP contribution in [-0.4, -0.2) is 210 Å². The summed E-state index contributed by atoms with van der Waals surface area (Å²) in [6.07, 6.45) is -24.8. The number of phenolic OH excluding ortho intramolecular Hbond substituents is 3. The molecule has 0 aliphatic carbocycles. The van der Waals surface area contributed by atoms with Crippen LogP contribution in [0.3, 0.4) is 0 Å². The molecule has 0 aromatic heterocycles. The molecule has 23 N–H and O–H groups in total. The summed E-state index contributed by atoms with van der Waals surface area (Å²) in [5.74, 6) is -18.4. The van der Waals surface area contributed by atoms with E-state index in [4.69, 9.17) is 57.4 Å². The zero-order valence-electron chi connectivity index (χ0n) is 67.3. The van der Waals surface area contributed by atoms with E-state index in [1.807, 2.05) is 0 Å². The third-order valence-corrected chi connectivity index (χ3v) is 22.2. The molecule has 7 aromatic rings. The van der Waals surface area contributed by atoms with Gasteiger partial charge in [0.15, 0.2) is 23.9 Å². The number of phenols is 3. The van der Waals surface area contributed by atoms with Gasteiger partial charge in [0.05, 0.1) is 53.5 Å². The van der Waals surface area contributed by atoms with Gasteiger partial charge in [0.1, 0.15) is 101 Å². The van der Waals surface area contributed by atoms with Gasteiger partial charge in [-0.05, 0) is 152 Å². The standard InChI is InChI=1S/C83H90Cl2F4N12O25.CH4/c1-33(2)20-49(91-5)74(114)99-64-66(108)37-10-16-53(46(84)22-37)122-55-25-40-26-56(70(55)126-81-71(69(111)68(110)57(32-103)124-81)125-59-30-82(4,72(112)34(3)121-59)92-31-35-6-12-41(13-7-35)94-73(113)39-8-14-45(48(86)24-39)83(87,88)89)123-54-17-11-38(23-47(54)85)67(109)65-79(119)98-63(80(120)101-93-18-19-102)44-27-42(104)28-52(106)60(44)43-21-36(9-15-51(43)105)61(76(116)100-65)97-77(117)62(40)96-75(115)50(29-58(90)107)95-78(64)118;/h6-17,21-28,33-34,49-50,57,59,61-69,71-72,81,91-93,102-106,108-112H,18-20,29-32H2,1-5H3,(H2,90,107)(H,94,113)(H,95,118)(H,96,115)(H,97,117)(H,98,119)(H,99,114)(H,100,116)(H,101,120);1H4. The normalized spacial score (nSPS) is 25.8. The van der Waals surface area contributed by atoms with Crippen molar-refractivity contribution in [3.63, 3.8) is 0 Å². The number of rotatable bonds is 21. The Morgan fingerprint density at radius 1 is 0.701 bits per heavy atom. The molecule has 2 saturated heterocycles. The van der Waals surface area contributed by atoms with E-state index in [1.54, 1.807) is 32.9 Å². The first-order valence-corrected chi connectivity index (χ1v) is 40.0. The van der Waals surface area contributed by atoms with E-state index in [1.165, 1.54) is 32.2 Å². The maximum Gasteiger partial charge on any atom is 0.419 e. The number of amides is 9. The van der Waals surface area contributed by atoms with Gasteiger partial charge in [0, 0.05) is 53.5 Å². The molecule has 9 amide bonds. The lowest BCUT2D eigenvalue weighted by Crippen LogP contribution is -2.65. The van der Waals surface area contributed by atoms with E-state index < -0.39 is 283 Å². The van der Waals surface area contributed by atoms with Crippen LogP contribution in [0.1, 0.15) is 134 Å². The molecule has 0 saturated carbocycles. The second-order valence-electron chi connectivity index (χ2n) is 31.1. The smallest absolute Gasteiger partial charge is 0.419 e. The highest BCUT2D eigenvalue weighted by Gasteiger charge is 2.53. The number of ether oxygens (including phenoxy) is 6. The molecular weight excluding hydrogens is 1720 g/mol. The summed E-state index contributed by atoms with van der Waals surface area (Å²) >= 11 is 14.3. The van der Waals surface area contributed by atoms with Gasteiger partial charge in [-0.2, -0.15) is 13.2 Å². The van der Waals surface area contributed by atoms with E-state index in [0.717, 1.165) is 78.9 Å². The molecule has 682 valence electrons. The lowest BCUT2D eigenvalue weighted by atomic mass is 9.84. The third kappa shape index (κ3) is 21.6. The zero-order valence-corrected chi connectivity index (χ0v) is 68.8. The number of alkyl halides is 3. The number of fused-ring (bicyclic) bond motifs is 15. The number of halogens is 6. The van der Waals surface area contributed by atoms with Gasteiger partial charge in [-0.25, -0.2) is 9.82 Å². The van der Waals surface area contributed by atoms with Crippen molar-refractivity contribution in [2.45, 2.75) is 176 Å². The number of nitrogens with two attached hydrogens (primary N) is 1. The second-order valence-corrected chi connectivity index (χ2v) is 31.9. The number of aliphatic hydroxyl groups is 7. The quantitative estimate of drug-likeness (QED) is 0.0278. The fraction of sp³-hybridized carbons (Fsp3) is 0.393. The highest BCUT2D eigenvalue weighted by atomic mass is 35.5. The second kappa shape index (κ2) is 40.1. The molecule has 7 aliphatic rings. The summed E-state index contributed by atoms with van der Waals surface area (Å²) in [6, 6.07) is 6.83. The van der Waals surface area contributed by atoms with E-state index in [-0.39, 0.29) is 61.7 Å². The molecule has 7 aromatic carbocycles. The number of carbonyl (C=O) groups is 9. The van der Waals surface area contributed by atoms with Crippen molar-refractivity contribution < 1.29 is 140 Å². The fourth-order valence-electron chi connectivity index (χ4n) is 15.0. The van der Waals surface area contributed by atoms with Crippen molar-refractivity contribution in [1.82, 2.24) is 53.4 Å². The van der Waals surface area contributed by atoms with Gasteiger partial charge in [-0.15, -0.1) is 0 Å². The Labute approximate surface area is 731 Å². The minimum Gasteiger partial charge on any atom is -0.508 e. The molecule has 127 heavy (non-hydrogen) atoms. The minimum atomic E-state index is -5.01. The number of aliphatic hydroxyl groups excluding tert-OH is 7.